The molecule has 1 atom stereocenters. The Morgan fingerprint density at radius 2 is 2.14 bits per heavy atom. The van der Waals surface area contributed by atoms with Crippen LogP contribution >= 0.6 is 11.6 Å². The average molecular weight is 403 g/mol. The first-order valence-electron chi connectivity index (χ1n) is 8.33. The predicted molar refractivity (Wildman–Crippen MR) is 107 cm³/mol. The van der Waals surface area contributed by atoms with E-state index < -0.39 is 11.6 Å². The highest BCUT2D eigenvalue weighted by Crippen LogP contribution is 2.35. The molecule has 2 heterocycles. The molecule has 0 fully saturated rings. The Labute approximate surface area is 166 Å². The van der Waals surface area contributed by atoms with Gasteiger partial charge in [0.25, 0.3) is 0 Å². The number of rotatable bonds is 3. The number of hydrogen-bond acceptors (Lipinski definition) is 6. The maximum atomic E-state index is 12.4. The maximum absolute atomic E-state index is 12.4. The molecule has 2 amide bonds. The van der Waals surface area contributed by atoms with Crippen LogP contribution in [-0.4, -0.2) is 40.0 Å². The van der Waals surface area contributed by atoms with Crippen molar-refractivity contribution < 1.29 is 14.7 Å². The molecule has 28 heavy (non-hydrogen) atoms. The molecule has 3 rings (SSSR count). The van der Waals surface area contributed by atoms with Crippen LogP contribution in [0.5, 0.6) is 0 Å². The summed E-state index contributed by atoms with van der Waals surface area (Å²) in [5.74, 6) is 0.0252. The molecule has 0 unspecified atom stereocenters. The number of amides is 2. The zero-order chi connectivity index (χ0) is 20.5. The van der Waals surface area contributed by atoms with Gasteiger partial charge in [-0.2, -0.15) is 0 Å². The van der Waals surface area contributed by atoms with Crippen LogP contribution in [0.1, 0.15) is 18.9 Å². The Hall–Kier alpha value is -3.33. The second-order valence-electron chi connectivity index (χ2n) is 6.56. The molecule has 0 bridgehead atoms. The highest BCUT2D eigenvalue weighted by Gasteiger charge is 2.37. The molecule has 0 radical (unpaired) electrons. The van der Waals surface area contributed by atoms with E-state index in [1.807, 2.05) is 18.2 Å². The summed E-state index contributed by atoms with van der Waals surface area (Å²) in [7, 11) is 1.48. The topological polar surface area (TPSA) is 133 Å². The third-order valence-corrected chi connectivity index (χ3v) is 4.61. The van der Waals surface area contributed by atoms with Gasteiger partial charge in [0.15, 0.2) is 0 Å². The SMILES string of the molecule is CN1C(=O)C[C@@](C)(c2cccc(Nc3cc(Cl)cnc3N)c2)N=C1NC(=O)O. The third kappa shape index (κ3) is 3.99. The molecular formula is C18H19ClN6O3. The lowest BCUT2D eigenvalue weighted by atomic mass is 9.87. The van der Waals surface area contributed by atoms with Crippen molar-refractivity contribution in [2.24, 2.45) is 4.99 Å². The van der Waals surface area contributed by atoms with E-state index >= 15 is 0 Å². The molecule has 1 aromatic heterocycles. The molecule has 1 aliphatic rings. The van der Waals surface area contributed by atoms with E-state index in [0.29, 0.717) is 22.2 Å². The number of carbonyl (C=O) groups is 2. The molecule has 2 aromatic rings. The maximum Gasteiger partial charge on any atom is 0.411 e. The minimum atomic E-state index is -1.29. The Bertz CT molecular complexity index is 980. The summed E-state index contributed by atoms with van der Waals surface area (Å²) in [6.45, 7) is 1.77. The van der Waals surface area contributed by atoms with Crippen LogP contribution in [0.15, 0.2) is 41.5 Å². The standard InChI is InChI=1S/C18H19ClN6O3/c1-18(8-14(26)25(2)16(24-18)23-17(27)28)10-4-3-5-12(6-10)22-13-7-11(19)9-21-15(13)20/h3-7,9,22H,8H2,1-2H3,(H2,20,21)(H,23,24)(H,27,28)/t18-/m0/s1. The number of hydrogen-bond donors (Lipinski definition) is 4. The van der Waals surface area contributed by atoms with Crippen LogP contribution in [0.3, 0.4) is 0 Å². The molecule has 0 aliphatic carbocycles. The number of carboxylic acid groups (broad SMARTS) is 1. The van der Waals surface area contributed by atoms with Crippen molar-refractivity contribution in [1.29, 1.82) is 0 Å². The van der Waals surface area contributed by atoms with Crippen molar-refractivity contribution in [2.45, 2.75) is 18.9 Å². The smallest absolute Gasteiger partial charge is 0.411 e. The van der Waals surface area contributed by atoms with Crippen LogP contribution in [0, 0.1) is 0 Å². The number of guanidine groups is 1. The van der Waals surface area contributed by atoms with Crippen LogP contribution in [0.4, 0.5) is 22.0 Å². The van der Waals surface area contributed by atoms with Gasteiger partial charge in [-0.05, 0) is 30.7 Å². The van der Waals surface area contributed by atoms with E-state index in [9.17, 15) is 9.59 Å². The first-order valence-corrected chi connectivity index (χ1v) is 8.71. The molecule has 146 valence electrons. The van der Waals surface area contributed by atoms with E-state index in [-0.39, 0.29) is 18.3 Å². The van der Waals surface area contributed by atoms with Gasteiger partial charge >= 0.3 is 6.09 Å². The summed E-state index contributed by atoms with van der Waals surface area (Å²) in [6.07, 6.45) is 0.260. The molecule has 10 heteroatoms. The van der Waals surface area contributed by atoms with Crippen molar-refractivity contribution in [1.82, 2.24) is 15.2 Å². The van der Waals surface area contributed by atoms with Crippen LogP contribution < -0.4 is 16.4 Å². The van der Waals surface area contributed by atoms with Gasteiger partial charge in [0.05, 0.1) is 22.7 Å². The van der Waals surface area contributed by atoms with Gasteiger partial charge in [-0.25, -0.2) is 14.8 Å². The number of halogens is 1. The lowest BCUT2D eigenvalue weighted by Gasteiger charge is -2.34. The van der Waals surface area contributed by atoms with Gasteiger partial charge in [-0.1, -0.05) is 23.7 Å². The van der Waals surface area contributed by atoms with Gasteiger partial charge in [0, 0.05) is 18.9 Å². The molecule has 0 saturated carbocycles. The number of aliphatic imine (C=N–C) groups is 1. The molecular weight excluding hydrogens is 384 g/mol. The number of nitrogen functional groups attached to an aromatic ring is 1. The van der Waals surface area contributed by atoms with Crippen LogP contribution in [0.2, 0.25) is 5.02 Å². The number of carbonyl (C=O) groups excluding carboxylic acids is 1. The van der Waals surface area contributed by atoms with Crippen molar-refractivity contribution in [3.8, 4) is 0 Å². The Morgan fingerprint density at radius 3 is 2.86 bits per heavy atom. The van der Waals surface area contributed by atoms with Crippen LogP contribution in [-0.2, 0) is 10.3 Å². The van der Waals surface area contributed by atoms with Crippen LogP contribution in [0.25, 0.3) is 0 Å². The van der Waals surface area contributed by atoms with Gasteiger partial charge < -0.3 is 16.2 Å². The van der Waals surface area contributed by atoms with E-state index in [2.05, 4.69) is 20.6 Å². The van der Waals surface area contributed by atoms with Gasteiger partial charge in [-0.15, -0.1) is 0 Å². The quantitative estimate of drug-likeness (QED) is 0.623. The zero-order valence-electron chi connectivity index (χ0n) is 15.2. The van der Waals surface area contributed by atoms with E-state index in [4.69, 9.17) is 22.4 Å². The summed E-state index contributed by atoms with van der Waals surface area (Å²) < 4.78 is 0. The minimum Gasteiger partial charge on any atom is -0.465 e. The van der Waals surface area contributed by atoms with Crippen molar-refractivity contribution in [3.63, 3.8) is 0 Å². The molecule has 0 spiro atoms. The highest BCUT2D eigenvalue weighted by atomic mass is 35.5. The minimum absolute atomic E-state index is 0.0205. The normalized spacial score (nSPS) is 19.2. The summed E-state index contributed by atoms with van der Waals surface area (Å²) in [6, 6.07) is 8.93. The number of benzene rings is 1. The molecule has 1 aliphatic heterocycles. The number of aromatic nitrogens is 1. The first kappa shape index (κ1) is 19.4. The van der Waals surface area contributed by atoms with Gasteiger partial charge in [0.2, 0.25) is 11.9 Å². The van der Waals surface area contributed by atoms with Gasteiger partial charge in [0.1, 0.15) is 5.82 Å². The van der Waals surface area contributed by atoms with Crippen molar-refractivity contribution in [2.75, 3.05) is 18.1 Å². The summed E-state index contributed by atoms with van der Waals surface area (Å²) in [5.41, 5.74) is 6.92. The second-order valence-corrected chi connectivity index (χ2v) is 7.00. The lowest BCUT2D eigenvalue weighted by molar-refractivity contribution is -0.128. The zero-order valence-corrected chi connectivity index (χ0v) is 16.0. The predicted octanol–water partition coefficient (Wildman–Crippen LogP) is 2.76. The highest BCUT2D eigenvalue weighted by molar-refractivity contribution is 6.30. The number of anilines is 3. The van der Waals surface area contributed by atoms with Crippen molar-refractivity contribution >= 4 is 46.8 Å². The number of nitrogens with two attached hydrogens (primary N) is 1. The fraction of sp³-hybridized carbons (Fsp3) is 0.222. The monoisotopic (exact) mass is 402 g/mol. The summed E-state index contributed by atoms with van der Waals surface area (Å²) in [4.78, 5) is 33.1. The average Bonchev–Trinajstić information content (AvgIpc) is 2.62. The molecule has 1 aromatic carbocycles. The third-order valence-electron chi connectivity index (χ3n) is 4.41. The fourth-order valence-corrected chi connectivity index (χ4v) is 3.05. The molecule has 5 N–H and O–H groups in total. The Morgan fingerprint density at radius 1 is 1.39 bits per heavy atom. The lowest BCUT2D eigenvalue weighted by Crippen LogP contribution is -2.51. The first-order chi connectivity index (χ1) is 13.2. The Balaban J connectivity index is 1.96. The summed E-state index contributed by atoms with van der Waals surface area (Å²) in [5, 5.41) is 14.8. The Kier molecular flexibility index (Phi) is 5.10. The van der Waals surface area contributed by atoms with E-state index in [0.717, 1.165) is 5.56 Å². The van der Waals surface area contributed by atoms with Crippen molar-refractivity contribution in [3.05, 3.63) is 47.1 Å². The molecule has 9 nitrogen and oxygen atoms in total. The largest absolute Gasteiger partial charge is 0.465 e. The number of nitrogens with zero attached hydrogens (tertiary/aromatic N) is 3. The fourth-order valence-electron chi connectivity index (χ4n) is 2.89. The number of nitrogens with one attached hydrogen (secondary N) is 2. The van der Waals surface area contributed by atoms with E-state index in [1.54, 1.807) is 19.1 Å². The second kappa shape index (κ2) is 7.35. The molecule has 0 saturated heterocycles. The summed E-state index contributed by atoms with van der Waals surface area (Å²) >= 11 is 5.97. The van der Waals surface area contributed by atoms with Gasteiger partial charge in [-0.3, -0.25) is 15.0 Å². The van der Waals surface area contributed by atoms with E-state index in [1.165, 1.54) is 18.1 Å². The number of pyridine rings is 1.